The molecule has 0 fully saturated rings. The molecule has 136 valence electrons. The van der Waals surface area contributed by atoms with Crippen LogP contribution in [0.5, 0.6) is 11.5 Å². The molecule has 0 radical (unpaired) electrons. The third-order valence-corrected chi connectivity index (χ3v) is 5.92. The second-order valence-electron chi connectivity index (χ2n) is 5.37. The van der Waals surface area contributed by atoms with Crippen molar-refractivity contribution in [3.63, 3.8) is 0 Å². The lowest BCUT2D eigenvalue weighted by Crippen LogP contribution is -2.06. The van der Waals surface area contributed by atoms with Gasteiger partial charge in [-0.15, -0.1) is 5.10 Å². The predicted octanol–water partition coefficient (Wildman–Crippen LogP) is 3.08. The van der Waals surface area contributed by atoms with Gasteiger partial charge < -0.3 is 9.47 Å². The second-order valence-corrected chi connectivity index (χ2v) is 7.64. The molecule has 3 aromatic rings. The molecule has 9 heteroatoms. The van der Waals surface area contributed by atoms with Crippen molar-refractivity contribution in [2.45, 2.75) is 16.8 Å². The molecule has 0 bridgehead atoms. The molecule has 0 aliphatic carbocycles. The van der Waals surface area contributed by atoms with Crippen molar-refractivity contribution in [3.05, 3.63) is 53.2 Å². The largest absolute Gasteiger partial charge is 0.495 e. The van der Waals surface area contributed by atoms with Crippen molar-refractivity contribution in [2.75, 3.05) is 14.2 Å². The van der Waals surface area contributed by atoms with Crippen molar-refractivity contribution < 1.29 is 17.9 Å². The fraction of sp³-hybridized carbons (Fsp3) is 0.176. The van der Waals surface area contributed by atoms with Crippen LogP contribution in [0, 0.1) is 6.92 Å². The summed E-state index contributed by atoms with van der Waals surface area (Å²) in [5, 5.41) is 8.09. The summed E-state index contributed by atoms with van der Waals surface area (Å²) >= 11 is 6.19. The van der Waals surface area contributed by atoms with Gasteiger partial charge in [0.05, 0.1) is 29.8 Å². The highest BCUT2D eigenvalue weighted by Gasteiger charge is 2.26. The zero-order valence-electron chi connectivity index (χ0n) is 14.3. The maximum absolute atomic E-state index is 12.8. The van der Waals surface area contributed by atoms with E-state index in [1.54, 1.807) is 37.3 Å². The van der Waals surface area contributed by atoms with Crippen LogP contribution in [0.15, 0.2) is 52.4 Å². The molecule has 26 heavy (non-hydrogen) atoms. The number of hydrogen-bond acceptors (Lipinski definition) is 6. The van der Waals surface area contributed by atoms with Crippen LogP contribution in [0.3, 0.4) is 0 Å². The van der Waals surface area contributed by atoms with Crippen LogP contribution in [0.2, 0.25) is 5.02 Å². The second kappa shape index (κ2) is 6.97. The molecular weight excluding hydrogens is 378 g/mol. The Morgan fingerprint density at radius 1 is 1.04 bits per heavy atom. The molecule has 0 unspecified atom stereocenters. The number of nitrogens with zero attached hydrogens (tertiary/aromatic N) is 3. The molecule has 1 heterocycles. The van der Waals surface area contributed by atoms with Crippen LogP contribution >= 0.6 is 11.6 Å². The molecule has 2 aromatic carbocycles. The maximum Gasteiger partial charge on any atom is 0.227 e. The van der Waals surface area contributed by atoms with Gasteiger partial charge >= 0.3 is 0 Å². The summed E-state index contributed by atoms with van der Waals surface area (Å²) in [5.74, 6) is 0.852. The minimum Gasteiger partial charge on any atom is -0.495 e. The van der Waals surface area contributed by atoms with Gasteiger partial charge in [0.2, 0.25) is 14.9 Å². The van der Waals surface area contributed by atoms with Crippen LogP contribution in [0.1, 0.15) is 5.69 Å². The van der Waals surface area contributed by atoms with E-state index in [0.29, 0.717) is 27.9 Å². The van der Waals surface area contributed by atoms with Crippen LogP contribution < -0.4 is 9.47 Å². The van der Waals surface area contributed by atoms with E-state index in [1.807, 2.05) is 0 Å². The van der Waals surface area contributed by atoms with Crippen LogP contribution in [0.25, 0.3) is 5.69 Å². The van der Waals surface area contributed by atoms with Gasteiger partial charge in [0, 0.05) is 6.07 Å². The van der Waals surface area contributed by atoms with E-state index in [9.17, 15) is 8.42 Å². The first-order valence-corrected chi connectivity index (χ1v) is 9.40. The molecule has 0 spiro atoms. The zero-order chi connectivity index (χ0) is 18.9. The topological polar surface area (TPSA) is 83.3 Å². The van der Waals surface area contributed by atoms with E-state index >= 15 is 0 Å². The van der Waals surface area contributed by atoms with E-state index in [0.717, 1.165) is 0 Å². The average molecular weight is 394 g/mol. The Labute approximate surface area is 156 Å². The van der Waals surface area contributed by atoms with Crippen molar-refractivity contribution in [3.8, 4) is 17.2 Å². The molecule has 0 atom stereocenters. The highest BCUT2D eigenvalue weighted by Crippen LogP contribution is 2.35. The van der Waals surface area contributed by atoms with Gasteiger partial charge in [0.1, 0.15) is 17.2 Å². The van der Waals surface area contributed by atoms with Crippen LogP contribution in [-0.2, 0) is 9.84 Å². The smallest absolute Gasteiger partial charge is 0.227 e. The average Bonchev–Trinajstić information content (AvgIpc) is 3.04. The van der Waals surface area contributed by atoms with Gasteiger partial charge in [-0.3, -0.25) is 0 Å². The van der Waals surface area contributed by atoms with Gasteiger partial charge in [0.25, 0.3) is 0 Å². The summed E-state index contributed by atoms with van der Waals surface area (Å²) in [5.41, 5.74) is 0.797. The number of aromatic nitrogens is 3. The predicted molar refractivity (Wildman–Crippen MR) is 96.1 cm³/mol. The quantitative estimate of drug-likeness (QED) is 0.662. The van der Waals surface area contributed by atoms with E-state index in [-0.39, 0.29) is 9.92 Å². The number of methoxy groups -OCH3 is 2. The van der Waals surface area contributed by atoms with Crippen molar-refractivity contribution in [1.29, 1.82) is 0 Å². The van der Waals surface area contributed by atoms with E-state index in [4.69, 9.17) is 21.1 Å². The molecule has 7 nitrogen and oxygen atoms in total. The number of ether oxygens (including phenoxy) is 2. The number of sulfone groups is 1. The normalized spacial score (nSPS) is 11.4. The highest BCUT2D eigenvalue weighted by molar-refractivity contribution is 7.91. The summed E-state index contributed by atoms with van der Waals surface area (Å²) in [6, 6.07) is 11.3. The summed E-state index contributed by atoms with van der Waals surface area (Å²) in [6.45, 7) is 1.62. The fourth-order valence-electron chi connectivity index (χ4n) is 2.51. The van der Waals surface area contributed by atoms with Gasteiger partial charge in [-0.2, -0.15) is 0 Å². The van der Waals surface area contributed by atoms with Crippen LogP contribution in [0.4, 0.5) is 0 Å². The minimum absolute atomic E-state index is 0.127. The first-order chi connectivity index (χ1) is 12.4. The number of halogens is 1. The van der Waals surface area contributed by atoms with Gasteiger partial charge in [0.15, 0.2) is 0 Å². The molecule has 1 aromatic heterocycles. The first-order valence-electron chi connectivity index (χ1n) is 7.54. The Morgan fingerprint density at radius 3 is 2.31 bits per heavy atom. The Balaban J connectivity index is 2.16. The van der Waals surface area contributed by atoms with E-state index in [1.165, 1.54) is 31.0 Å². The van der Waals surface area contributed by atoms with Gasteiger partial charge in [-0.25, -0.2) is 13.1 Å². The Hall–Kier alpha value is -2.58. The Bertz CT molecular complexity index is 1050. The lowest BCUT2D eigenvalue weighted by molar-refractivity contribution is 0.392. The van der Waals surface area contributed by atoms with Crippen molar-refractivity contribution >= 4 is 21.4 Å². The number of benzene rings is 2. The monoisotopic (exact) mass is 393 g/mol. The third kappa shape index (κ3) is 3.02. The summed E-state index contributed by atoms with van der Waals surface area (Å²) in [7, 11) is -0.814. The SMILES string of the molecule is COc1cc(OC)c(-n2nnc(S(=O)(=O)c3ccccc3)c2C)cc1Cl. The molecule has 0 N–H and O–H groups in total. The highest BCUT2D eigenvalue weighted by atomic mass is 35.5. The van der Waals surface area contributed by atoms with E-state index < -0.39 is 9.84 Å². The van der Waals surface area contributed by atoms with Gasteiger partial charge in [-0.05, 0) is 25.1 Å². The zero-order valence-corrected chi connectivity index (χ0v) is 15.9. The third-order valence-electron chi connectivity index (χ3n) is 3.84. The molecular formula is C17H16ClN3O4S. The molecule has 0 aliphatic heterocycles. The molecule has 3 rings (SSSR count). The molecule has 0 saturated heterocycles. The van der Waals surface area contributed by atoms with Gasteiger partial charge in [-0.1, -0.05) is 35.0 Å². The molecule has 0 amide bonds. The molecule has 0 aliphatic rings. The maximum atomic E-state index is 12.8. The Kier molecular flexibility index (Phi) is 4.88. The minimum atomic E-state index is -3.79. The standard InChI is InChI=1S/C17H16ClN3O4S/c1-11-17(26(22,23)12-7-5-4-6-8-12)19-20-21(11)14-9-13(18)15(24-2)10-16(14)25-3/h4-10H,1-3H3. The fourth-order valence-corrected chi connectivity index (χ4v) is 4.11. The molecule has 0 saturated carbocycles. The van der Waals surface area contributed by atoms with Crippen molar-refractivity contribution in [2.24, 2.45) is 0 Å². The first kappa shape index (κ1) is 18.2. The summed E-state index contributed by atoms with van der Waals surface area (Å²) < 4.78 is 37.6. The summed E-state index contributed by atoms with van der Waals surface area (Å²) in [4.78, 5) is 0.148. The lowest BCUT2D eigenvalue weighted by atomic mass is 10.2. The Morgan fingerprint density at radius 2 is 1.69 bits per heavy atom. The number of hydrogen-bond donors (Lipinski definition) is 0. The number of rotatable bonds is 5. The summed E-state index contributed by atoms with van der Waals surface area (Å²) in [6.07, 6.45) is 0. The van der Waals surface area contributed by atoms with E-state index in [2.05, 4.69) is 10.3 Å². The lowest BCUT2D eigenvalue weighted by Gasteiger charge is -2.12. The van der Waals surface area contributed by atoms with Crippen LogP contribution in [-0.4, -0.2) is 37.6 Å². The van der Waals surface area contributed by atoms with Crippen molar-refractivity contribution in [1.82, 2.24) is 15.0 Å².